The van der Waals surface area contributed by atoms with E-state index < -0.39 is 5.60 Å². The van der Waals surface area contributed by atoms with Crippen LogP contribution in [0.25, 0.3) is 0 Å². The summed E-state index contributed by atoms with van der Waals surface area (Å²) in [6.07, 6.45) is 4.01. The third-order valence-electron chi connectivity index (χ3n) is 4.65. The normalized spacial score (nSPS) is 13.3. The van der Waals surface area contributed by atoms with Crippen LogP contribution in [0.4, 0.5) is 0 Å². The molecule has 0 bridgehead atoms. The number of nitrogens with two attached hydrogens (primary N) is 1. The Morgan fingerprint density at radius 3 is 2.14 bits per heavy atom. The third-order valence-corrected chi connectivity index (χ3v) is 4.65. The first kappa shape index (κ1) is 21.4. The quantitative estimate of drug-likeness (QED) is 0.584. The minimum Gasteiger partial charge on any atom is -0.460 e. The molecule has 0 saturated heterocycles. The molecule has 0 aromatic rings. The maximum atomic E-state index is 11.7. The van der Waals surface area contributed by atoms with Gasteiger partial charge < -0.3 is 15.2 Å². The smallest absolute Gasteiger partial charge is 0.306 e. The predicted molar refractivity (Wildman–Crippen MR) is 91.8 cm³/mol. The van der Waals surface area contributed by atoms with Gasteiger partial charge in [-0.05, 0) is 52.5 Å². The summed E-state index contributed by atoms with van der Waals surface area (Å²) in [4.78, 5) is 11.7. The van der Waals surface area contributed by atoms with E-state index in [1.807, 2.05) is 13.8 Å². The minimum absolute atomic E-state index is 0.115. The monoisotopic (exact) mass is 315 g/mol. The molecule has 4 heteroatoms. The Bertz CT molecular complexity index is 335. The molecule has 132 valence electrons. The Kier molecular flexibility index (Phi) is 8.63. The second kappa shape index (κ2) is 8.88. The lowest BCUT2D eigenvalue weighted by Crippen LogP contribution is -2.42. The number of ether oxygens (including phenoxy) is 2. The van der Waals surface area contributed by atoms with E-state index in [0.717, 1.165) is 12.8 Å². The highest BCUT2D eigenvalue weighted by Gasteiger charge is 2.37. The molecule has 0 heterocycles. The van der Waals surface area contributed by atoms with Crippen LogP contribution in [0.1, 0.15) is 80.6 Å². The molecule has 0 aliphatic rings. The summed E-state index contributed by atoms with van der Waals surface area (Å²) in [7, 11) is 0. The molecule has 0 atom stereocenters. The van der Waals surface area contributed by atoms with Crippen molar-refractivity contribution in [2.24, 2.45) is 11.1 Å². The zero-order valence-corrected chi connectivity index (χ0v) is 15.8. The van der Waals surface area contributed by atoms with Crippen LogP contribution in [0.5, 0.6) is 0 Å². The van der Waals surface area contributed by atoms with Gasteiger partial charge in [-0.1, -0.05) is 27.2 Å². The van der Waals surface area contributed by atoms with Crippen molar-refractivity contribution in [1.29, 1.82) is 0 Å². The SMILES string of the molecule is CCCC(C)(C)C(C)(C)OCCC(C)(C)OC(=O)CCCN. The fourth-order valence-electron chi connectivity index (χ4n) is 2.33. The summed E-state index contributed by atoms with van der Waals surface area (Å²) in [6, 6.07) is 0. The molecule has 0 unspecified atom stereocenters. The Labute approximate surface area is 137 Å². The first-order valence-corrected chi connectivity index (χ1v) is 8.53. The van der Waals surface area contributed by atoms with E-state index in [0.29, 0.717) is 32.4 Å². The van der Waals surface area contributed by atoms with Crippen LogP contribution in [-0.2, 0) is 14.3 Å². The van der Waals surface area contributed by atoms with Crippen molar-refractivity contribution in [3.8, 4) is 0 Å². The Hall–Kier alpha value is -0.610. The van der Waals surface area contributed by atoms with Gasteiger partial charge in [0.05, 0.1) is 12.2 Å². The van der Waals surface area contributed by atoms with E-state index in [1.54, 1.807) is 0 Å². The molecule has 0 rings (SSSR count). The topological polar surface area (TPSA) is 61.5 Å². The third kappa shape index (κ3) is 7.59. The Balaban J connectivity index is 4.34. The zero-order valence-electron chi connectivity index (χ0n) is 15.8. The lowest BCUT2D eigenvalue weighted by atomic mass is 9.74. The summed E-state index contributed by atoms with van der Waals surface area (Å²) in [6.45, 7) is 15.9. The Morgan fingerprint density at radius 1 is 1.05 bits per heavy atom. The molecule has 22 heavy (non-hydrogen) atoms. The molecule has 0 aliphatic heterocycles. The lowest BCUT2D eigenvalue weighted by Gasteiger charge is -2.42. The van der Waals surface area contributed by atoms with E-state index in [1.165, 1.54) is 0 Å². The Morgan fingerprint density at radius 2 is 1.64 bits per heavy atom. The standard InChI is InChI=1S/C18H37NO3/c1-8-11-16(2,3)18(6,7)21-14-12-17(4,5)22-15(20)10-9-13-19/h8-14,19H2,1-7H3. The van der Waals surface area contributed by atoms with Gasteiger partial charge in [-0.25, -0.2) is 0 Å². The van der Waals surface area contributed by atoms with Gasteiger partial charge in [0.1, 0.15) is 5.60 Å². The number of hydrogen-bond donors (Lipinski definition) is 1. The van der Waals surface area contributed by atoms with Crippen LogP contribution < -0.4 is 5.73 Å². The number of carbonyl (C=O) groups is 1. The molecule has 0 radical (unpaired) electrons. The molecule has 0 aromatic carbocycles. The van der Waals surface area contributed by atoms with Gasteiger partial charge in [-0.15, -0.1) is 0 Å². The molecule has 0 fully saturated rings. The first-order valence-electron chi connectivity index (χ1n) is 8.53. The number of carbonyl (C=O) groups excluding carboxylic acids is 1. The summed E-state index contributed by atoms with van der Waals surface area (Å²) in [5.41, 5.74) is 4.81. The lowest BCUT2D eigenvalue weighted by molar-refractivity contribution is -0.161. The van der Waals surface area contributed by atoms with E-state index in [4.69, 9.17) is 15.2 Å². The highest BCUT2D eigenvalue weighted by molar-refractivity contribution is 5.69. The van der Waals surface area contributed by atoms with E-state index in [-0.39, 0.29) is 17.0 Å². The summed E-state index contributed by atoms with van der Waals surface area (Å²) in [5, 5.41) is 0. The largest absolute Gasteiger partial charge is 0.460 e. The number of rotatable bonds is 11. The summed E-state index contributed by atoms with van der Waals surface area (Å²) in [5.74, 6) is -0.180. The van der Waals surface area contributed by atoms with Crippen molar-refractivity contribution in [2.75, 3.05) is 13.2 Å². The average molecular weight is 315 g/mol. The van der Waals surface area contributed by atoms with Crippen LogP contribution in [-0.4, -0.2) is 30.3 Å². The van der Waals surface area contributed by atoms with Gasteiger partial charge in [-0.2, -0.15) is 0 Å². The first-order chi connectivity index (χ1) is 9.97. The van der Waals surface area contributed by atoms with E-state index in [9.17, 15) is 4.79 Å². The van der Waals surface area contributed by atoms with Crippen LogP contribution in [0.3, 0.4) is 0 Å². The molecule has 0 aromatic heterocycles. The molecule has 4 nitrogen and oxygen atoms in total. The summed E-state index contributed by atoms with van der Waals surface area (Å²) < 4.78 is 11.6. The van der Waals surface area contributed by atoms with Crippen LogP contribution in [0.15, 0.2) is 0 Å². The van der Waals surface area contributed by atoms with E-state index in [2.05, 4.69) is 34.6 Å². The maximum Gasteiger partial charge on any atom is 0.306 e. The van der Waals surface area contributed by atoms with Crippen molar-refractivity contribution in [1.82, 2.24) is 0 Å². The minimum atomic E-state index is -0.503. The van der Waals surface area contributed by atoms with Crippen molar-refractivity contribution >= 4 is 5.97 Å². The molecule has 0 spiro atoms. The highest BCUT2D eigenvalue weighted by atomic mass is 16.6. The van der Waals surface area contributed by atoms with Crippen molar-refractivity contribution in [3.63, 3.8) is 0 Å². The van der Waals surface area contributed by atoms with Crippen molar-refractivity contribution < 1.29 is 14.3 Å². The van der Waals surface area contributed by atoms with Crippen LogP contribution in [0, 0.1) is 5.41 Å². The second-order valence-electron chi connectivity index (χ2n) is 7.87. The van der Waals surface area contributed by atoms with Crippen molar-refractivity contribution in [3.05, 3.63) is 0 Å². The fraction of sp³-hybridized carbons (Fsp3) is 0.944. The second-order valence-corrected chi connectivity index (χ2v) is 7.87. The van der Waals surface area contributed by atoms with E-state index >= 15 is 0 Å². The molecule has 0 saturated carbocycles. The summed E-state index contributed by atoms with van der Waals surface area (Å²) >= 11 is 0. The predicted octanol–water partition coefficient (Wildman–Crippen LogP) is 4.06. The molecule has 2 N–H and O–H groups in total. The maximum absolute atomic E-state index is 11.7. The van der Waals surface area contributed by atoms with Gasteiger partial charge in [0.25, 0.3) is 0 Å². The van der Waals surface area contributed by atoms with Gasteiger partial charge in [0.2, 0.25) is 0 Å². The number of esters is 1. The highest BCUT2D eigenvalue weighted by Crippen LogP contribution is 2.38. The molecule has 0 amide bonds. The van der Waals surface area contributed by atoms with Crippen LogP contribution >= 0.6 is 0 Å². The van der Waals surface area contributed by atoms with Crippen molar-refractivity contribution in [2.45, 2.75) is 91.8 Å². The van der Waals surface area contributed by atoms with Gasteiger partial charge >= 0.3 is 5.97 Å². The van der Waals surface area contributed by atoms with Gasteiger partial charge in [0.15, 0.2) is 0 Å². The zero-order chi connectivity index (χ0) is 17.4. The number of hydrogen-bond acceptors (Lipinski definition) is 4. The molecular weight excluding hydrogens is 278 g/mol. The average Bonchev–Trinajstić information content (AvgIpc) is 2.34. The fourth-order valence-corrected chi connectivity index (χ4v) is 2.33. The van der Waals surface area contributed by atoms with Crippen LogP contribution in [0.2, 0.25) is 0 Å². The van der Waals surface area contributed by atoms with Gasteiger partial charge in [0, 0.05) is 12.8 Å². The van der Waals surface area contributed by atoms with Gasteiger partial charge in [-0.3, -0.25) is 4.79 Å². The molecule has 0 aliphatic carbocycles. The molecular formula is C18H37NO3.